The lowest BCUT2D eigenvalue weighted by atomic mass is 10.0. The second kappa shape index (κ2) is 10.9. The Morgan fingerprint density at radius 3 is 2.08 bits per heavy atom. The third-order valence-electron chi connectivity index (χ3n) is 6.92. The monoisotopic (exact) mass is 523 g/mol. The summed E-state index contributed by atoms with van der Waals surface area (Å²) in [5, 5.41) is 2.67. The largest absolute Gasteiger partial charge is 0.399 e. The molecule has 1 saturated heterocycles. The highest BCUT2D eigenvalue weighted by atomic mass is 32.2. The van der Waals surface area contributed by atoms with Crippen molar-refractivity contribution in [3.05, 3.63) is 126 Å². The molecule has 1 unspecified atom stereocenters. The molecule has 1 aliphatic rings. The molecule has 0 aliphatic carbocycles. The number of nitrogens with zero attached hydrogens (tertiary/aromatic N) is 1. The summed E-state index contributed by atoms with van der Waals surface area (Å²) >= 11 is 0. The molecule has 4 aromatic carbocycles. The molecular weight excluding hydrogens is 493 g/mol. The van der Waals surface area contributed by atoms with E-state index < -0.39 is 18.8 Å². The third kappa shape index (κ3) is 5.77. The Labute approximate surface area is 221 Å². The summed E-state index contributed by atoms with van der Waals surface area (Å²) in [5.41, 5.74) is 9.93. The summed E-state index contributed by atoms with van der Waals surface area (Å²) in [7, 11) is -4.75. The number of aryl methyl sites for hydroxylation is 1. The fraction of sp³-hybridized carbons (Fsp3) is 0.161. The number of anilines is 1. The van der Waals surface area contributed by atoms with Crippen LogP contribution in [0, 0.1) is 12.8 Å². The Bertz CT molecular complexity index is 1450. The third-order valence-corrected chi connectivity index (χ3v) is 11.7. The van der Waals surface area contributed by atoms with Gasteiger partial charge in [0.1, 0.15) is 8.80 Å². The second-order valence-corrected chi connectivity index (χ2v) is 14.1. The van der Waals surface area contributed by atoms with Crippen LogP contribution in [-0.2, 0) is 10.0 Å². The van der Waals surface area contributed by atoms with E-state index in [-0.39, 0.29) is 5.92 Å². The molecule has 187 valence electrons. The molecule has 6 heteroatoms. The van der Waals surface area contributed by atoms with Gasteiger partial charge >= 0.3 is 0 Å². The molecule has 1 aliphatic heterocycles. The Balaban J connectivity index is 1.53. The quantitative estimate of drug-likeness (QED) is 0.285. The van der Waals surface area contributed by atoms with Gasteiger partial charge in [-0.3, -0.25) is 0 Å². The summed E-state index contributed by atoms with van der Waals surface area (Å²) in [5.74, 6) is 0.107. The van der Waals surface area contributed by atoms with Gasteiger partial charge in [0.15, 0.2) is 0 Å². The van der Waals surface area contributed by atoms with Crippen LogP contribution in [0.15, 0.2) is 120 Å². The maximum Gasteiger partial charge on any atom is 0.243 e. The smallest absolute Gasteiger partial charge is 0.243 e. The molecule has 5 rings (SSSR count). The van der Waals surface area contributed by atoms with Gasteiger partial charge in [0, 0.05) is 18.8 Å². The molecule has 0 aromatic heterocycles. The van der Waals surface area contributed by atoms with Crippen LogP contribution in [0.2, 0.25) is 6.04 Å². The molecule has 1 heterocycles. The van der Waals surface area contributed by atoms with E-state index in [0.29, 0.717) is 23.7 Å². The lowest BCUT2D eigenvalue weighted by Crippen LogP contribution is -2.43. The average molecular weight is 524 g/mol. The van der Waals surface area contributed by atoms with Gasteiger partial charge in [-0.1, -0.05) is 113 Å². The predicted molar refractivity (Wildman–Crippen MR) is 155 cm³/mol. The Kier molecular flexibility index (Phi) is 7.42. The molecule has 1 atom stereocenters. The van der Waals surface area contributed by atoms with Gasteiger partial charge in [-0.05, 0) is 48.7 Å². The summed E-state index contributed by atoms with van der Waals surface area (Å²) in [6.45, 7) is 2.82. The van der Waals surface area contributed by atoms with Gasteiger partial charge in [-0.2, -0.15) is 4.31 Å². The van der Waals surface area contributed by atoms with Crippen LogP contribution < -0.4 is 16.1 Å². The number of hydrogen-bond donors (Lipinski definition) is 1. The number of nitrogens with two attached hydrogens (primary N) is 1. The molecule has 0 bridgehead atoms. The number of rotatable bonds is 7. The van der Waals surface area contributed by atoms with Gasteiger partial charge in [0.05, 0.1) is 4.90 Å². The summed E-state index contributed by atoms with van der Waals surface area (Å²) in [6.07, 6.45) is 2.14. The minimum Gasteiger partial charge on any atom is -0.399 e. The van der Waals surface area contributed by atoms with Crippen LogP contribution in [0.25, 0.3) is 6.08 Å². The van der Waals surface area contributed by atoms with E-state index in [4.69, 9.17) is 5.73 Å². The van der Waals surface area contributed by atoms with Crippen LogP contribution in [0.3, 0.4) is 0 Å². The average Bonchev–Trinajstić information content (AvgIpc) is 3.31. The van der Waals surface area contributed by atoms with E-state index in [2.05, 4.69) is 54.6 Å². The first-order valence-electron chi connectivity index (χ1n) is 12.5. The standard InChI is InChI=1S/C31H31N2O2SSi/c1-24-15-17-29(18-16-24)36(34,35)33-21-26(19-25-9-8-10-28(32)20-25)27(22-33)23-37(30-11-4-2-5-12-30)31-13-6-3-7-14-31/h2-20,27H,21-23,32H2,1H3/b26-19+. The molecule has 37 heavy (non-hydrogen) atoms. The Hall–Kier alpha value is -3.45. The first-order chi connectivity index (χ1) is 17.9. The van der Waals surface area contributed by atoms with Gasteiger partial charge in [-0.15, -0.1) is 0 Å². The summed E-state index contributed by atoms with van der Waals surface area (Å²) in [4.78, 5) is 0.346. The minimum atomic E-state index is -3.61. The van der Waals surface area contributed by atoms with E-state index >= 15 is 0 Å². The topological polar surface area (TPSA) is 63.4 Å². The van der Waals surface area contributed by atoms with Gasteiger partial charge in [0.2, 0.25) is 10.0 Å². The van der Waals surface area contributed by atoms with Gasteiger partial charge in [-0.25, -0.2) is 8.42 Å². The predicted octanol–water partition coefficient (Wildman–Crippen LogP) is 4.59. The molecule has 4 nitrogen and oxygen atoms in total. The second-order valence-electron chi connectivity index (χ2n) is 9.61. The fourth-order valence-corrected chi connectivity index (χ4v) is 9.30. The highest BCUT2D eigenvalue weighted by Crippen LogP contribution is 2.33. The molecular formula is C31H31N2O2SSi. The van der Waals surface area contributed by atoms with Crippen molar-refractivity contribution < 1.29 is 8.42 Å². The van der Waals surface area contributed by atoms with Crippen LogP contribution in [0.1, 0.15) is 11.1 Å². The van der Waals surface area contributed by atoms with Crippen molar-refractivity contribution in [2.45, 2.75) is 17.9 Å². The van der Waals surface area contributed by atoms with E-state index in [9.17, 15) is 8.42 Å². The van der Waals surface area contributed by atoms with Crippen LogP contribution in [-0.4, -0.2) is 34.6 Å². The van der Waals surface area contributed by atoms with Crippen molar-refractivity contribution in [3.8, 4) is 0 Å². The van der Waals surface area contributed by atoms with Crippen LogP contribution in [0.5, 0.6) is 0 Å². The van der Waals surface area contributed by atoms with Crippen molar-refractivity contribution in [1.29, 1.82) is 0 Å². The molecule has 4 aromatic rings. The van der Waals surface area contributed by atoms with Crippen molar-refractivity contribution >= 4 is 41.0 Å². The first-order valence-corrected chi connectivity index (χ1v) is 15.6. The van der Waals surface area contributed by atoms with Crippen molar-refractivity contribution in [2.24, 2.45) is 5.92 Å². The Morgan fingerprint density at radius 2 is 1.49 bits per heavy atom. The van der Waals surface area contributed by atoms with E-state index in [1.165, 1.54) is 10.4 Å². The molecule has 0 saturated carbocycles. The molecule has 0 spiro atoms. The maximum absolute atomic E-state index is 13.7. The molecule has 2 N–H and O–H groups in total. The van der Waals surface area contributed by atoms with Gasteiger partial charge < -0.3 is 5.73 Å². The molecule has 1 fully saturated rings. The zero-order valence-electron chi connectivity index (χ0n) is 20.9. The summed E-state index contributed by atoms with van der Waals surface area (Å²) in [6, 6.07) is 37.1. The normalized spacial score (nSPS) is 17.5. The lowest BCUT2D eigenvalue weighted by Gasteiger charge is -2.21. The van der Waals surface area contributed by atoms with Gasteiger partial charge in [0.25, 0.3) is 0 Å². The highest BCUT2D eigenvalue weighted by molar-refractivity contribution is 7.89. The number of benzene rings is 4. The lowest BCUT2D eigenvalue weighted by molar-refractivity contribution is 0.464. The van der Waals surface area contributed by atoms with Crippen molar-refractivity contribution in [3.63, 3.8) is 0 Å². The van der Waals surface area contributed by atoms with E-state index in [1.54, 1.807) is 16.4 Å². The Morgan fingerprint density at radius 1 is 0.865 bits per heavy atom. The van der Waals surface area contributed by atoms with Crippen LogP contribution in [0.4, 0.5) is 5.69 Å². The number of sulfonamides is 1. The molecule has 1 radical (unpaired) electrons. The van der Waals surface area contributed by atoms with E-state index in [0.717, 1.165) is 22.7 Å². The van der Waals surface area contributed by atoms with Crippen molar-refractivity contribution in [1.82, 2.24) is 4.31 Å². The van der Waals surface area contributed by atoms with Crippen LogP contribution >= 0.6 is 0 Å². The van der Waals surface area contributed by atoms with Crippen molar-refractivity contribution in [2.75, 3.05) is 18.8 Å². The first kappa shape index (κ1) is 25.2. The highest BCUT2D eigenvalue weighted by Gasteiger charge is 2.37. The summed E-state index contributed by atoms with van der Waals surface area (Å²) < 4.78 is 29.0. The van der Waals surface area contributed by atoms with E-state index in [1.807, 2.05) is 55.5 Å². The zero-order chi connectivity index (χ0) is 25.8. The molecule has 0 amide bonds. The maximum atomic E-state index is 13.7. The SMILES string of the molecule is Cc1ccc(S(=O)(=O)N2C/C(=C\c3cccc(N)c3)C(C[Si](c3ccccc3)c3ccccc3)C2)cc1. The number of nitrogen functional groups attached to an aromatic ring is 1. The zero-order valence-corrected chi connectivity index (χ0v) is 22.7. The number of hydrogen-bond acceptors (Lipinski definition) is 3. The fourth-order valence-electron chi connectivity index (χ4n) is 4.95. The minimum absolute atomic E-state index is 0.107.